The molecule has 0 saturated carbocycles. The van der Waals surface area contributed by atoms with Crippen LogP contribution in [0.15, 0.2) is 42.5 Å². The van der Waals surface area contributed by atoms with Crippen LogP contribution in [0, 0.1) is 0 Å². The minimum Gasteiger partial charge on any atom is -0.497 e. The lowest BCUT2D eigenvalue weighted by Gasteiger charge is -2.23. The smallest absolute Gasteiger partial charge is 0.240 e. The number of benzene rings is 2. The summed E-state index contributed by atoms with van der Waals surface area (Å²) in [5.74, 6) is 2.06. The number of amides is 1. The molecular formula is C18H16N2O3S2. The Morgan fingerprint density at radius 1 is 1.16 bits per heavy atom. The molecule has 0 aliphatic carbocycles. The first kappa shape index (κ1) is 16.2. The Morgan fingerprint density at radius 2 is 2.00 bits per heavy atom. The molecule has 0 N–H and O–H groups in total. The standard InChI is InChI=1S/C18H16N2O3S2/c1-22-11-7-8-13-15(9-11)25-18(19-13)20-16(21)10-24-17(20)12-5-3-4-6-14(12)23-2/h3-9,17H,10H2,1-2H3. The fraction of sp³-hybridized carbons (Fsp3) is 0.222. The summed E-state index contributed by atoms with van der Waals surface area (Å²) >= 11 is 3.09. The highest BCUT2D eigenvalue weighted by Gasteiger charge is 2.37. The lowest BCUT2D eigenvalue weighted by atomic mass is 10.2. The predicted molar refractivity (Wildman–Crippen MR) is 102 cm³/mol. The van der Waals surface area contributed by atoms with Crippen molar-refractivity contribution in [3.8, 4) is 11.5 Å². The molecule has 0 bridgehead atoms. The molecule has 5 nitrogen and oxygen atoms in total. The number of rotatable bonds is 4. The number of hydrogen-bond acceptors (Lipinski definition) is 6. The van der Waals surface area contributed by atoms with E-state index in [9.17, 15) is 4.79 Å². The van der Waals surface area contributed by atoms with Crippen molar-refractivity contribution >= 4 is 44.4 Å². The van der Waals surface area contributed by atoms with Gasteiger partial charge in [-0.15, -0.1) is 11.8 Å². The van der Waals surface area contributed by atoms with E-state index in [1.165, 1.54) is 11.3 Å². The summed E-state index contributed by atoms with van der Waals surface area (Å²) in [5.41, 5.74) is 1.85. The highest BCUT2D eigenvalue weighted by molar-refractivity contribution is 8.00. The molecule has 4 rings (SSSR count). The van der Waals surface area contributed by atoms with E-state index in [0.29, 0.717) is 10.9 Å². The molecule has 3 aromatic rings. The van der Waals surface area contributed by atoms with E-state index in [-0.39, 0.29) is 11.3 Å². The average molecular weight is 372 g/mol. The molecule has 1 aliphatic heterocycles. The summed E-state index contributed by atoms with van der Waals surface area (Å²) in [7, 11) is 3.29. The van der Waals surface area contributed by atoms with Crippen molar-refractivity contribution in [1.29, 1.82) is 0 Å². The normalized spacial score (nSPS) is 17.3. The molecule has 1 saturated heterocycles. The maximum Gasteiger partial charge on any atom is 0.240 e. The fourth-order valence-electron chi connectivity index (χ4n) is 2.85. The largest absolute Gasteiger partial charge is 0.497 e. The van der Waals surface area contributed by atoms with E-state index < -0.39 is 0 Å². The molecule has 7 heteroatoms. The molecule has 2 heterocycles. The monoisotopic (exact) mass is 372 g/mol. The molecule has 128 valence electrons. The SMILES string of the molecule is COc1ccc2nc(N3C(=O)CSC3c3ccccc3OC)sc2c1. The third-order valence-corrected chi connectivity index (χ3v) is 6.27. The molecule has 0 spiro atoms. The topological polar surface area (TPSA) is 51.7 Å². The van der Waals surface area contributed by atoms with Crippen LogP contribution in [-0.2, 0) is 4.79 Å². The highest BCUT2D eigenvalue weighted by atomic mass is 32.2. The van der Waals surface area contributed by atoms with Gasteiger partial charge in [0, 0.05) is 5.56 Å². The van der Waals surface area contributed by atoms with Gasteiger partial charge in [-0.3, -0.25) is 9.69 Å². The molecule has 1 unspecified atom stereocenters. The summed E-state index contributed by atoms with van der Waals surface area (Å²) in [4.78, 5) is 19.0. The van der Waals surface area contributed by atoms with E-state index in [0.717, 1.165) is 27.3 Å². The van der Waals surface area contributed by atoms with Crippen LogP contribution in [0.25, 0.3) is 10.2 Å². The van der Waals surface area contributed by atoms with Gasteiger partial charge in [-0.1, -0.05) is 29.5 Å². The molecular weight excluding hydrogens is 356 g/mol. The zero-order valence-corrected chi connectivity index (χ0v) is 15.4. The number of nitrogens with zero attached hydrogens (tertiary/aromatic N) is 2. The molecule has 1 amide bonds. The maximum atomic E-state index is 12.6. The Morgan fingerprint density at radius 3 is 2.80 bits per heavy atom. The average Bonchev–Trinajstić information content (AvgIpc) is 3.23. The predicted octanol–water partition coefficient (Wildman–Crippen LogP) is 4.09. The van der Waals surface area contributed by atoms with Crippen LogP contribution in [0.2, 0.25) is 0 Å². The first-order chi connectivity index (χ1) is 12.2. The van der Waals surface area contributed by atoms with Crippen LogP contribution in [-0.4, -0.2) is 30.9 Å². The lowest BCUT2D eigenvalue weighted by Crippen LogP contribution is -2.27. The fourth-order valence-corrected chi connectivity index (χ4v) is 5.14. The lowest BCUT2D eigenvalue weighted by molar-refractivity contribution is -0.115. The highest BCUT2D eigenvalue weighted by Crippen LogP contribution is 2.46. The Labute approximate surface area is 153 Å². The van der Waals surface area contributed by atoms with Crippen LogP contribution in [0.5, 0.6) is 11.5 Å². The van der Waals surface area contributed by atoms with Gasteiger partial charge in [-0.2, -0.15) is 0 Å². The number of para-hydroxylation sites is 1. The number of anilines is 1. The quantitative estimate of drug-likeness (QED) is 0.690. The number of ether oxygens (including phenoxy) is 2. The van der Waals surface area contributed by atoms with Gasteiger partial charge in [-0.25, -0.2) is 4.98 Å². The first-order valence-electron chi connectivity index (χ1n) is 7.72. The number of carbonyl (C=O) groups excluding carboxylic acids is 1. The maximum absolute atomic E-state index is 12.6. The van der Waals surface area contributed by atoms with Crippen LogP contribution in [0.1, 0.15) is 10.9 Å². The summed E-state index contributed by atoms with van der Waals surface area (Å²) < 4.78 is 11.8. The van der Waals surface area contributed by atoms with Crippen molar-refractivity contribution in [2.24, 2.45) is 0 Å². The number of aromatic nitrogens is 1. The van der Waals surface area contributed by atoms with Crippen molar-refractivity contribution in [3.05, 3.63) is 48.0 Å². The Balaban J connectivity index is 1.77. The number of fused-ring (bicyclic) bond motifs is 1. The van der Waals surface area contributed by atoms with Gasteiger partial charge < -0.3 is 9.47 Å². The van der Waals surface area contributed by atoms with Crippen molar-refractivity contribution in [3.63, 3.8) is 0 Å². The van der Waals surface area contributed by atoms with E-state index in [1.54, 1.807) is 30.9 Å². The summed E-state index contributed by atoms with van der Waals surface area (Å²) in [5, 5.41) is 0.570. The second kappa shape index (κ2) is 6.57. The summed E-state index contributed by atoms with van der Waals surface area (Å²) in [6.07, 6.45) is 0. The van der Waals surface area contributed by atoms with Gasteiger partial charge in [0.05, 0.1) is 30.2 Å². The minimum atomic E-state index is -0.133. The zero-order valence-electron chi connectivity index (χ0n) is 13.8. The van der Waals surface area contributed by atoms with Gasteiger partial charge in [0.15, 0.2) is 5.13 Å². The number of thiazole rings is 1. The van der Waals surface area contributed by atoms with Crippen molar-refractivity contribution in [1.82, 2.24) is 4.98 Å². The molecule has 0 radical (unpaired) electrons. The minimum absolute atomic E-state index is 0.0620. The van der Waals surface area contributed by atoms with E-state index in [2.05, 4.69) is 4.98 Å². The van der Waals surface area contributed by atoms with Crippen LogP contribution in [0.4, 0.5) is 5.13 Å². The van der Waals surface area contributed by atoms with Crippen molar-refractivity contribution in [2.45, 2.75) is 5.37 Å². The zero-order chi connectivity index (χ0) is 17.4. The Kier molecular flexibility index (Phi) is 4.27. The number of carbonyl (C=O) groups is 1. The molecule has 1 aliphatic rings. The van der Waals surface area contributed by atoms with E-state index >= 15 is 0 Å². The van der Waals surface area contributed by atoms with Gasteiger partial charge in [0.2, 0.25) is 5.91 Å². The van der Waals surface area contributed by atoms with Gasteiger partial charge in [0.25, 0.3) is 0 Å². The molecule has 2 aromatic carbocycles. The van der Waals surface area contributed by atoms with Crippen molar-refractivity contribution in [2.75, 3.05) is 24.9 Å². The van der Waals surface area contributed by atoms with Crippen LogP contribution in [0.3, 0.4) is 0 Å². The van der Waals surface area contributed by atoms with Gasteiger partial charge in [-0.05, 0) is 24.3 Å². The van der Waals surface area contributed by atoms with Gasteiger partial charge in [0.1, 0.15) is 16.9 Å². The van der Waals surface area contributed by atoms with E-state index in [4.69, 9.17) is 9.47 Å². The Bertz CT molecular complexity index is 941. The summed E-state index contributed by atoms with van der Waals surface area (Å²) in [6, 6.07) is 13.5. The molecule has 1 aromatic heterocycles. The molecule has 1 fully saturated rings. The van der Waals surface area contributed by atoms with Crippen molar-refractivity contribution < 1.29 is 14.3 Å². The second-order valence-electron chi connectivity index (χ2n) is 5.50. The number of thioether (sulfide) groups is 1. The Hall–Kier alpha value is -2.25. The molecule has 25 heavy (non-hydrogen) atoms. The van der Waals surface area contributed by atoms with Crippen LogP contribution < -0.4 is 14.4 Å². The second-order valence-corrected chi connectivity index (χ2v) is 7.58. The number of methoxy groups -OCH3 is 2. The number of hydrogen-bond donors (Lipinski definition) is 0. The first-order valence-corrected chi connectivity index (χ1v) is 9.59. The third kappa shape index (κ3) is 2.83. The summed E-state index contributed by atoms with van der Waals surface area (Å²) in [6.45, 7) is 0. The molecule has 1 atom stereocenters. The third-order valence-electron chi connectivity index (χ3n) is 4.06. The van der Waals surface area contributed by atoms with Crippen LogP contribution >= 0.6 is 23.1 Å². The van der Waals surface area contributed by atoms with Gasteiger partial charge >= 0.3 is 0 Å². The van der Waals surface area contributed by atoms with E-state index in [1.807, 2.05) is 42.5 Å².